The second-order valence-corrected chi connectivity index (χ2v) is 5.46. The van der Waals surface area contributed by atoms with E-state index in [1.165, 1.54) is 11.1 Å². The van der Waals surface area contributed by atoms with E-state index in [9.17, 15) is 0 Å². The van der Waals surface area contributed by atoms with Crippen LogP contribution in [0.4, 0.5) is 0 Å². The SMILES string of the molecule is Cc1ccccc1C(C)NCc1cccc(Cl)c1Cl. The highest BCUT2D eigenvalue weighted by molar-refractivity contribution is 6.42. The molecule has 0 saturated heterocycles. The van der Waals surface area contributed by atoms with E-state index >= 15 is 0 Å². The third-order valence-corrected chi connectivity index (χ3v) is 4.14. The van der Waals surface area contributed by atoms with Gasteiger partial charge in [-0.15, -0.1) is 0 Å². The molecule has 0 spiro atoms. The third-order valence-electron chi connectivity index (χ3n) is 3.29. The first-order valence-electron chi connectivity index (χ1n) is 6.31. The Hall–Kier alpha value is -1.02. The molecule has 0 amide bonds. The Morgan fingerprint density at radius 1 is 1.05 bits per heavy atom. The average molecular weight is 294 g/mol. The molecule has 2 aromatic carbocycles. The molecule has 1 unspecified atom stereocenters. The standard InChI is InChI=1S/C16H17Cl2N/c1-11-6-3-4-8-14(11)12(2)19-10-13-7-5-9-15(17)16(13)18/h3-9,12,19H,10H2,1-2H3. The summed E-state index contributed by atoms with van der Waals surface area (Å²) in [6.07, 6.45) is 0. The van der Waals surface area contributed by atoms with Crippen molar-refractivity contribution in [2.75, 3.05) is 0 Å². The molecule has 0 radical (unpaired) electrons. The number of benzene rings is 2. The summed E-state index contributed by atoms with van der Waals surface area (Å²) in [6.45, 7) is 4.98. The fourth-order valence-electron chi connectivity index (χ4n) is 2.13. The van der Waals surface area contributed by atoms with Crippen LogP contribution in [-0.2, 0) is 6.54 Å². The molecule has 0 saturated carbocycles. The van der Waals surface area contributed by atoms with Crippen molar-refractivity contribution in [2.24, 2.45) is 0 Å². The van der Waals surface area contributed by atoms with Crippen LogP contribution < -0.4 is 5.32 Å². The molecular formula is C16H17Cl2N. The van der Waals surface area contributed by atoms with Gasteiger partial charge in [0.2, 0.25) is 0 Å². The molecule has 0 aliphatic rings. The summed E-state index contributed by atoms with van der Waals surface area (Å²) in [7, 11) is 0. The van der Waals surface area contributed by atoms with Gasteiger partial charge >= 0.3 is 0 Å². The Kier molecular flexibility index (Phi) is 4.87. The number of hydrogen-bond acceptors (Lipinski definition) is 1. The van der Waals surface area contributed by atoms with E-state index < -0.39 is 0 Å². The Bertz CT molecular complexity index is 566. The van der Waals surface area contributed by atoms with Gasteiger partial charge in [-0.3, -0.25) is 0 Å². The molecule has 0 bridgehead atoms. The van der Waals surface area contributed by atoms with E-state index in [0.29, 0.717) is 16.6 Å². The molecule has 0 aliphatic carbocycles. The summed E-state index contributed by atoms with van der Waals surface area (Å²) in [5.41, 5.74) is 3.62. The van der Waals surface area contributed by atoms with E-state index in [1.807, 2.05) is 12.1 Å². The topological polar surface area (TPSA) is 12.0 Å². The zero-order valence-electron chi connectivity index (χ0n) is 11.1. The Balaban J connectivity index is 2.07. The van der Waals surface area contributed by atoms with Crippen molar-refractivity contribution >= 4 is 23.2 Å². The first-order chi connectivity index (χ1) is 9.09. The summed E-state index contributed by atoms with van der Waals surface area (Å²) in [5.74, 6) is 0. The number of hydrogen-bond donors (Lipinski definition) is 1. The van der Waals surface area contributed by atoms with Crippen molar-refractivity contribution < 1.29 is 0 Å². The summed E-state index contributed by atoms with van der Waals surface area (Å²) in [4.78, 5) is 0. The zero-order valence-corrected chi connectivity index (χ0v) is 12.6. The van der Waals surface area contributed by atoms with Gasteiger partial charge in [-0.25, -0.2) is 0 Å². The number of aryl methyl sites for hydroxylation is 1. The normalized spacial score (nSPS) is 12.4. The van der Waals surface area contributed by atoms with Crippen LogP contribution in [0.2, 0.25) is 10.0 Å². The van der Waals surface area contributed by atoms with E-state index in [1.54, 1.807) is 6.07 Å². The van der Waals surface area contributed by atoms with Crippen LogP contribution in [0.25, 0.3) is 0 Å². The minimum atomic E-state index is 0.274. The van der Waals surface area contributed by atoms with Crippen molar-refractivity contribution in [1.82, 2.24) is 5.32 Å². The predicted molar refractivity (Wildman–Crippen MR) is 82.9 cm³/mol. The third kappa shape index (κ3) is 3.50. The second-order valence-electron chi connectivity index (χ2n) is 4.67. The van der Waals surface area contributed by atoms with Crippen molar-refractivity contribution in [1.29, 1.82) is 0 Å². The van der Waals surface area contributed by atoms with E-state index in [2.05, 4.69) is 43.4 Å². The average Bonchev–Trinajstić information content (AvgIpc) is 2.40. The van der Waals surface area contributed by atoms with Gasteiger partial charge in [0.15, 0.2) is 0 Å². The van der Waals surface area contributed by atoms with E-state index in [-0.39, 0.29) is 6.04 Å². The first kappa shape index (κ1) is 14.4. The largest absolute Gasteiger partial charge is 0.306 e. The van der Waals surface area contributed by atoms with E-state index in [4.69, 9.17) is 23.2 Å². The van der Waals surface area contributed by atoms with Crippen LogP contribution in [0.15, 0.2) is 42.5 Å². The summed E-state index contributed by atoms with van der Waals surface area (Å²) >= 11 is 12.2. The molecule has 2 aromatic rings. The minimum absolute atomic E-state index is 0.274. The van der Waals surface area contributed by atoms with Gasteiger partial charge in [-0.05, 0) is 36.6 Å². The van der Waals surface area contributed by atoms with E-state index in [0.717, 1.165) is 5.56 Å². The van der Waals surface area contributed by atoms with Crippen LogP contribution in [0.1, 0.15) is 29.7 Å². The molecule has 0 heterocycles. The Morgan fingerprint density at radius 2 is 1.79 bits per heavy atom. The van der Waals surface area contributed by atoms with Gasteiger partial charge in [-0.2, -0.15) is 0 Å². The summed E-state index contributed by atoms with van der Waals surface area (Å²) in [6, 6.07) is 14.4. The molecule has 2 rings (SSSR count). The second kappa shape index (κ2) is 6.42. The molecule has 1 N–H and O–H groups in total. The number of rotatable bonds is 4. The zero-order chi connectivity index (χ0) is 13.8. The lowest BCUT2D eigenvalue weighted by atomic mass is 10.0. The van der Waals surface area contributed by atoms with Crippen LogP contribution in [0, 0.1) is 6.92 Å². The molecular weight excluding hydrogens is 277 g/mol. The van der Waals surface area contributed by atoms with Gasteiger partial charge in [0.1, 0.15) is 0 Å². The van der Waals surface area contributed by atoms with Crippen LogP contribution in [0.5, 0.6) is 0 Å². The van der Waals surface area contributed by atoms with Crippen LogP contribution in [-0.4, -0.2) is 0 Å². The summed E-state index contributed by atoms with van der Waals surface area (Å²) in [5, 5.41) is 4.72. The van der Waals surface area contributed by atoms with Crippen LogP contribution >= 0.6 is 23.2 Å². The monoisotopic (exact) mass is 293 g/mol. The molecule has 3 heteroatoms. The molecule has 0 aliphatic heterocycles. The Labute approximate surface area is 124 Å². The highest BCUT2D eigenvalue weighted by Crippen LogP contribution is 2.26. The summed E-state index contributed by atoms with van der Waals surface area (Å²) < 4.78 is 0. The van der Waals surface area contributed by atoms with Gasteiger partial charge in [0.25, 0.3) is 0 Å². The van der Waals surface area contributed by atoms with Crippen molar-refractivity contribution in [3.63, 3.8) is 0 Å². The maximum atomic E-state index is 6.18. The fourth-order valence-corrected chi connectivity index (χ4v) is 2.52. The Morgan fingerprint density at radius 3 is 2.53 bits per heavy atom. The van der Waals surface area contributed by atoms with Gasteiger partial charge < -0.3 is 5.32 Å². The molecule has 0 aromatic heterocycles. The maximum Gasteiger partial charge on any atom is 0.0637 e. The quantitative estimate of drug-likeness (QED) is 0.822. The number of halogens is 2. The highest BCUT2D eigenvalue weighted by Gasteiger charge is 2.09. The smallest absolute Gasteiger partial charge is 0.0637 e. The highest BCUT2D eigenvalue weighted by atomic mass is 35.5. The lowest BCUT2D eigenvalue weighted by molar-refractivity contribution is 0.572. The molecule has 1 nitrogen and oxygen atoms in total. The lowest BCUT2D eigenvalue weighted by Gasteiger charge is -2.17. The fraction of sp³-hybridized carbons (Fsp3) is 0.250. The predicted octanol–water partition coefficient (Wildman–Crippen LogP) is 5.15. The van der Waals surface area contributed by atoms with Crippen molar-refractivity contribution in [3.05, 3.63) is 69.2 Å². The van der Waals surface area contributed by atoms with Gasteiger partial charge in [-0.1, -0.05) is 59.6 Å². The van der Waals surface area contributed by atoms with Crippen molar-refractivity contribution in [2.45, 2.75) is 26.4 Å². The van der Waals surface area contributed by atoms with Gasteiger partial charge in [0, 0.05) is 12.6 Å². The molecule has 100 valence electrons. The van der Waals surface area contributed by atoms with Crippen molar-refractivity contribution in [3.8, 4) is 0 Å². The molecule has 19 heavy (non-hydrogen) atoms. The molecule has 1 atom stereocenters. The number of nitrogens with one attached hydrogen (secondary N) is 1. The first-order valence-corrected chi connectivity index (χ1v) is 7.07. The molecule has 0 fully saturated rings. The minimum Gasteiger partial charge on any atom is -0.306 e. The van der Waals surface area contributed by atoms with Gasteiger partial charge in [0.05, 0.1) is 10.0 Å². The van der Waals surface area contributed by atoms with Crippen LogP contribution in [0.3, 0.4) is 0 Å². The lowest BCUT2D eigenvalue weighted by Crippen LogP contribution is -2.19. The maximum absolute atomic E-state index is 6.18.